The first-order valence-corrected chi connectivity index (χ1v) is 4.90. The molecular formula is C11H9BrO. The Hall–Kier alpha value is -1.02. The maximum atomic E-state index is 5.42. The van der Waals surface area contributed by atoms with Crippen LogP contribution in [0.15, 0.2) is 53.2 Å². The van der Waals surface area contributed by atoms with Crippen molar-refractivity contribution in [1.82, 2.24) is 0 Å². The summed E-state index contributed by atoms with van der Waals surface area (Å²) >= 11 is 3.40. The number of halogens is 1. The van der Waals surface area contributed by atoms with Gasteiger partial charge in [-0.15, -0.1) is 0 Å². The lowest BCUT2D eigenvalue weighted by molar-refractivity contribution is 0.186. The van der Waals surface area contributed by atoms with Gasteiger partial charge in [0, 0.05) is 4.47 Å². The Kier molecular flexibility index (Phi) is 2.50. The van der Waals surface area contributed by atoms with Crippen molar-refractivity contribution in [3.05, 3.63) is 58.8 Å². The highest BCUT2D eigenvalue weighted by molar-refractivity contribution is 9.10. The highest BCUT2D eigenvalue weighted by atomic mass is 79.9. The van der Waals surface area contributed by atoms with E-state index >= 15 is 0 Å². The third kappa shape index (κ3) is 2.01. The molecule has 0 spiro atoms. The fraction of sp³-hybridized carbons (Fsp3) is 0.0909. The smallest absolute Gasteiger partial charge is 0.141 e. The molecule has 1 unspecified atom stereocenters. The lowest BCUT2D eigenvalue weighted by Crippen LogP contribution is -1.98. The Morgan fingerprint density at radius 1 is 1.08 bits per heavy atom. The number of hydrogen-bond acceptors (Lipinski definition) is 1. The van der Waals surface area contributed by atoms with E-state index in [1.165, 1.54) is 5.56 Å². The number of ether oxygens (including phenoxy) is 1. The van der Waals surface area contributed by atoms with E-state index in [1.54, 1.807) is 6.26 Å². The molecule has 1 aromatic carbocycles. The molecule has 1 atom stereocenters. The van der Waals surface area contributed by atoms with Gasteiger partial charge < -0.3 is 4.74 Å². The van der Waals surface area contributed by atoms with E-state index in [-0.39, 0.29) is 6.10 Å². The molecule has 1 heterocycles. The van der Waals surface area contributed by atoms with Gasteiger partial charge in [0.2, 0.25) is 0 Å². The van der Waals surface area contributed by atoms with E-state index < -0.39 is 0 Å². The van der Waals surface area contributed by atoms with Crippen molar-refractivity contribution in [2.24, 2.45) is 0 Å². The maximum absolute atomic E-state index is 5.42. The summed E-state index contributed by atoms with van der Waals surface area (Å²) in [7, 11) is 0. The molecule has 2 heteroatoms. The minimum atomic E-state index is 0.0677. The Balaban J connectivity index is 2.21. The van der Waals surface area contributed by atoms with Crippen LogP contribution in [0, 0.1) is 0 Å². The van der Waals surface area contributed by atoms with E-state index in [4.69, 9.17) is 4.74 Å². The summed E-state index contributed by atoms with van der Waals surface area (Å²) in [6.07, 6.45) is 7.69. The molecule has 0 saturated carbocycles. The molecule has 0 aliphatic carbocycles. The summed E-state index contributed by atoms with van der Waals surface area (Å²) in [5, 5.41) is 0. The van der Waals surface area contributed by atoms with Gasteiger partial charge in [-0.3, -0.25) is 0 Å². The van der Waals surface area contributed by atoms with Gasteiger partial charge in [-0.05, 0) is 29.8 Å². The first-order valence-electron chi connectivity index (χ1n) is 4.10. The summed E-state index contributed by atoms with van der Waals surface area (Å²) in [4.78, 5) is 0. The first-order chi connectivity index (χ1) is 6.36. The van der Waals surface area contributed by atoms with E-state index in [9.17, 15) is 0 Å². The van der Waals surface area contributed by atoms with Crippen LogP contribution in [0.1, 0.15) is 11.7 Å². The summed E-state index contributed by atoms with van der Waals surface area (Å²) in [6.45, 7) is 0. The third-order valence-corrected chi connectivity index (χ3v) is 2.43. The fourth-order valence-electron chi connectivity index (χ4n) is 1.23. The first kappa shape index (κ1) is 8.57. The average molecular weight is 237 g/mol. The topological polar surface area (TPSA) is 9.23 Å². The molecule has 0 aromatic heterocycles. The number of rotatable bonds is 1. The largest absolute Gasteiger partial charge is 0.489 e. The minimum absolute atomic E-state index is 0.0677. The Bertz CT molecular complexity index is 338. The van der Waals surface area contributed by atoms with Crippen LogP contribution in [0.25, 0.3) is 0 Å². The second-order valence-electron chi connectivity index (χ2n) is 2.82. The second kappa shape index (κ2) is 3.79. The van der Waals surface area contributed by atoms with Gasteiger partial charge in [0.15, 0.2) is 0 Å². The highest BCUT2D eigenvalue weighted by Gasteiger charge is 2.08. The van der Waals surface area contributed by atoms with Gasteiger partial charge in [0.25, 0.3) is 0 Å². The van der Waals surface area contributed by atoms with Crippen molar-refractivity contribution in [2.75, 3.05) is 0 Å². The summed E-state index contributed by atoms with van der Waals surface area (Å²) in [5.41, 5.74) is 1.17. The van der Waals surface area contributed by atoms with Crippen molar-refractivity contribution < 1.29 is 4.74 Å². The molecule has 0 radical (unpaired) electrons. The zero-order valence-electron chi connectivity index (χ0n) is 6.98. The van der Waals surface area contributed by atoms with E-state index in [2.05, 4.69) is 28.1 Å². The van der Waals surface area contributed by atoms with Crippen LogP contribution in [-0.2, 0) is 4.74 Å². The third-order valence-electron chi connectivity index (χ3n) is 1.90. The Morgan fingerprint density at radius 2 is 1.85 bits per heavy atom. The fourth-order valence-corrected chi connectivity index (χ4v) is 1.49. The highest BCUT2D eigenvalue weighted by Crippen LogP contribution is 2.23. The van der Waals surface area contributed by atoms with Gasteiger partial charge in [0.05, 0.1) is 6.26 Å². The predicted molar refractivity (Wildman–Crippen MR) is 56.2 cm³/mol. The van der Waals surface area contributed by atoms with Crippen LogP contribution in [0.4, 0.5) is 0 Å². The quantitative estimate of drug-likeness (QED) is 0.725. The molecule has 13 heavy (non-hydrogen) atoms. The molecule has 2 rings (SSSR count). The predicted octanol–water partition coefficient (Wildman–Crippen LogP) is 3.59. The molecule has 0 bridgehead atoms. The molecule has 1 aliphatic heterocycles. The maximum Gasteiger partial charge on any atom is 0.141 e. The number of allylic oxidation sites excluding steroid dienone is 2. The van der Waals surface area contributed by atoms with Crippen LogP contribution in [-0.4, -0.2) is 0 Å². The van der Waals surface area contributed by atoms with Crippen molar-refractivity contribution in [3.8, 4) is 0 Å². The second-order valence-corrected chi connectivity index (χ2v) is 3.74. The molecule has 66 valence electrons. The van der Waals surface area contributed by atoms with Crippen molar-refractivity contribution >= 4 is 15.9 Å². The van der Waals surface area contributed by atoms with Crippen molar-refractivity contribution in [1.29, 1.82) is 0 Å². The van der Waals surface area contributed by atoms with Crippen LogP contribution in [0.2, 0.25) is 0 Å². The Morgan fingerprint density at radius 3 is 2.46 bits per heavy atom. The lowest BCUT2D eigenvalue weighted by Gasteiger charge is -2.14. The summed E-state index contributed by atoms with van der Waals surface area (Å²) < 4.78 is 6.51. The van der Waals surface area contributed by atoms with E-state index in [0.717, 1.165) is 4.47 Å². The molecule has 1 aromatic rings. The number of hydrogen-bond donors (Lipinski definition) is 0. The van der Waals surface area contributed by atoms with E-state index in [0.29, 0.717) is 0 Å². The zero-order valence-corrected chi connectivity index (χ0v) is 8.57. The molecule has 0 N–H and O–H groups in total. The number of benzene rings is 1. The summed E-state index contributed by atoms with van der Waals surface area (Å²) in [5.74, 6) is 0. The van der Waals surface area contributed by atoms with Crippen LogP contribution < -0.4 is 0 Å². The normalized spacial score (nSPS) is 19.9. The molecule has 0 saturated heterocycles. The SMILES string of the molecule is Brc1ccc(C2C=CC=CO2)cc1. The van der Waals surface area contributed by atoms with Crippen LogP contribution >= 0.6 is 15.9 Å². The molecule has 0 amide bonds. The Labute approximate surface area is 85.9 Å². The van der Waals surface area contributed by atoms with Gasteiger partial charge >= 0.3 is 0 Å². The lowest BCUT2D eigenvalue weighted by atomic mass is 10.1. The minimum Gasteiger partial charge on any atom is -0.489 e. The molecule has 1 nitrogen and oxygen atoms in total. The van der Waals surface area contributed by atoms with Gasteiger partial charge in [-0.1, -0.05) is 34.1 Å². The van der Waals surface area contributed by atoms with E-state index in [1.807, 2.05) is 30.4 Å². The van der Waals surface area contributed by atoms with Gasteiger partial charge in [-0.2, -0.15) is 0 Å². The van der Waals surface area contributed by atoms with Crippen LogP contribution in [0.5, 0.6) is 0 Å². The van der Waals surface area contributed by atoms with Gasteiger partial charge in [0.1, 0.15) is 6.10 Å². The molecule has 0 fully saturated rings. The zero-order chi connectivity index (χ0) is 9.10. The van der Waals surface area contributed by atoms with Crippen LogP contribution in [0.3, 0.4) is 0 Å². The molecular weight excluding hydrogens is 228 g/mol. The molecule has 1 aliphatic rings. The van der Waals surface area contributed by atoms with Crippen molar-refractivity contribution in [3.63, 3.8) is 0 Å². The average Bonchev–Trinajstić information content (AvgIpc) is 2.20. The summed E-state index contributed by atoms with van der Waals surface area (Å²) in [6, 6.07) is 8.15. The van der Waals surface area contributed by atoms with Gasteiger partial charge in [-0.25, -0.2) is 0 Å². The monoisotopic (exact) mass is 236 g/mol. The van der Waals surface area contributed by atoms with Crippen molar-refractivity contribution in [2.45, 2.75) is 6.10 Å². The standard InChI is InChI=1S/C11H9BrO/c12-10-6-4-9(5-7-10)11-3-1-2-8-13-11/h1-8,11H.